The van der Waals surface area contributed by atoms with Crippen LogP contribution in [-0.4, -0.2) is 50.3 Å². The number of ether oxygens (including phenoxy) is 1. The number of carbonyl (C=O) groups is 4. The number of carboxylic acid groups (broad SMARTS) is 1. The van der Waals surface area contributed by atoms with Crippen LogP contribution in [0.4, 0.5) is 0 Å². The topological polar surface area (TPSA) is 136 Å². The molecule has 4 fully saturated rings. The number of carboxylic acids is 1. The monoisotopic (exact) mass is 711 g/mol. The first kappa shape index (κ1) is 38.4. The van der Waals surface area contributed by atoms with E-state index in [1.165, 1.54) is 18.0 Å². The molecular formula is C40H58ClN3O6. The number of fused-ring (bicyclic) bond motifs is 7. The number of allylic oxidation sites excluding steroid dienone is 1. The van der Waals surface area contributed by atoms with Gasteiger partial charge in [0.25, 0.3) is 5.91 Å². The largest absolute Gasteiger partial charge is 0.481 e. The number of nitrogens with zero attached hydrogens (tertiary/aromatic N) is 2. The summed E-state index contributed by atoms with van der Waals surface area (Å²) >= 11 is 0. The number of aromatic nitrogens is 2. The number of rotatable bonds is 7. The van der Waals surface area contributed by atoms with E-state index in [4.69, 9.17) is 4.74 Å². The second-order valence-corrected chi connectivity index (χ2v) is 18.5. The summed E-state index contributed by atoms with van der Waals surface area (Å²) in [5.74, 6) is -0.463. The number of aliphatic carboxylic acids is 1. The van der Waals surface area contributed by atoms with Crippen LogP contribution in [0, 0.1) is 50.7 Å². The fraction of sp³-hybridized carbons (Fsp3) is 0.750. The molecule has 1 aromatic rings. The van der Waals surface area contributed by atoms with Crippen LogP contribution in [0.5, 0.6) is 0 Å². The fourth-order valence-corrected chi connectivity index (χ4v) is 12.3. The van der Waals surface area contributed by atoms with Crippen LogP contribution >= 0.6 is 12.4 Å². The zero-order chi connectivity index (χ0) is 35.9. The number of esters is 1. The second kappa shape index (κ2) is 12.7. The number of hydrogen-bond acceptors (Lipinski definition) is 7. The minimum atomic E-state index is -1.17. The zero-order valence-corrected chi connectivity index (χ0v) is 32.3. The van der Waals surface area contributed by atoms with Crippen molar-refractivity contribution >= 4 is 36.0 Å². The lowest BCUT2D eigenvalue weighted by atomic mass is 9.33. The van der Waals surface area contributed by atoms with Crippen LogP contribution in [-0.2, 0) is 19.1 Å². The van der Waals surface area contributed by atoms with Crippen molar-refractivity contribution < 1.29 is 29.0 Å². The lowest BCUT2D eigenvalue weighted by molar-refractivity contribution is -0.232. The molecule has 6 rings (SSSR count). The van der Waals surface area contributed by atoms with Crippen molar-refractivity contribution in [2.24, 2.45) is 50.7 Å². The first-order chi connectivity index (χ1) is 22.7. The molecule has 0 spiro atoms. The van der Waals surface area contributed by atoms with E-state index < -0.39 is 22.9 Å². The van der Waals surface area contributed by atoms with Crippen LogP contribution in [0.15, 0.2) is 29.7 Å². The first-order valence-corrected chi connectivity index (χ1v) is 18.5. The van der Waals surface area contributed by atoms with Crippen molar-refractivity contribution in [2.75, 3.05) is 0 Å². The normalized spacial score (nSPS) is 37.4. The number of ketones is 1. The van der Waals surface area contributed by atoms with Crippen molar-refractivity contribution in [3.63, 3.8) is 0 Å². The lowest BCUT2D eigenvalue weighted by Gasteiger charge is -2.72. The number of halogens is 1. The predicted molar refractivity (Wildman–Crippen MR) is 192 cm³/mol. The predicted octanol–water partition coefficient (Wildman–Crippen LogP) is 7.77. The van der Waals surface area contributed by atoms with E-state index in [2.05, 4.69) is 63.8 Å². The summed E-state index contributed by atoms with van der Waals surface area (Å²) in [6.45, 7) is 19.4. The molecule has 276 valence electrons. The summed E-state index contributed by atoms with van der Waals surface area (Å²) in [4.78, 5) is 60.6. The minimum Gasteiger partial charge on any atom is -0.481 e. The van der Waals surface area contributed by atoms with Gasteiger partial charge in [-0.05, 0) is 116 Å². The van der Waals surface area contributed by atoms with Gasteiger partial charge >= 0.3 is 11.9 Å². The molecule has 5 aliphatic carbocycles. The highest BCUT2D eigenvalue weighted by Crippen LogP contribution is 2.76. The lowest BCUT2D eigenvalue weighted by Crippen LogP contribution is -2.67. The molecule has 2 N–H and O–H groups in total. The Hall–Kier alpha value is -2.81. The Balaban J connectivity index is 0.00000486. The highest BCUT2D eigenvalue weighted by atomic mass is 35.5. The molecule has 5 aliphatic rings. The van der Waals surface area contributed by atoms with E-state index in [9.17, 15) is 24.3 Å². The van der Waals surface area contributed by atoms with Gasteiger partial charge < -0.3 is 15.2 Å². The third-order valence-corrected chi connectivity index (χ3v) is 15.0. The number of nitrogens with one attached hydrogen (secondary N) is 1. The Morgan fingerprint density at radius 3 is 2.28 bits per heavy atom. The van der Waals surface area contributed by atoms with Gasteiger partial charge in [0, 0.05) is 24.2 Å². The van der Waals surface area contributed by atoms with Gasteiger partial charge in [-0.15, -0.1) is 12.4 Å². The van der Waals surface area contributed by atoms with Gasteiger partial charge in [-0.25, -0.2) is 4.98 Å². The van der Waals surface area contributed by atoms with E-state index in [1.54, 1.807) is 20.0 Å². The van der Waals surface area contributed by atoms with E-state index >= 15 is 0 Å². The van der Waals surface area contributed by atoms with Crippen LogP contribution in [0.2, 0.25) is 0 Å². The quantitative estimate of drug-likeness (QED) is 0.274. The molecule has 0 radical (unpaired) electrons. The van der Waals surface area contributed by atoms with Crippen molar-refractivity contribution in [1.82, 2.24) is 15.3 Å². The van der Waals surface area contributed by atoms with Gasteiger partial charge in [0.15, 0.2) is 5.78 Å². The fourth-order valence-electron chi connectivity index (χ4n) is 12.3. The molecule has 0 aromatic carbocycles. The summed E-state index contributed by atoms with van der Waals surface area (Å²) in [6, 6.07) is 0. The Labute approximate surface area is 304 Å². The Morgan fingerprint density at radius 1 is 0.960 bits per heavy atom. The molecule has 4 saturated carbocycles. The Morgan fingerprint density at radius 2 is 1.66 bits per heavy atom. The van der Waals surface area contributed by atoms with Crippen LogP contribution in [0.25, 0.3) is 0 Å². The minimum absolute atomic E-state index is 0. The van der Waals surface area contributed by atoms with Crippen LogP contribution < -0.4 is 5.32 Å². The van der Waals surface area contributed by atoms with Crippen molar-refractivity contribution in [3.05, 3.63) is 35.4 Å². The Bertz CT molecular complexity index is 1590. The number of Topliss-reactive ketones (excluding diaryl/α,β-unsaturated/α-hetero) is 1. The third-order valence-electron chi connectivity index (χ3n) is 15.0. The molecule has 9 nitrogen and oxygen atoms in total. The zero-order valence-electron chi connectivity index (χ0n) is 31.5. The average molecular weight is 712 g/mol. The van der Waals surface area contributed by atoms with Gasteiger partial charge in [0.1, 0.15) is 11.8 Å². The standard InChI is InChI=1S/C40H57N3O6.ClH/c1-23(2)31-26(44)20-40(43-33(46)25-22-41-18-19-42-25)17-16-38(8)24(32(31)40)10-11-28-37(7)14-13-29(49-30(45)21-35(3,4)34(47)48)36(5,6)27(37)12-15-39(28,38)9;/h18-19,22-24,27-29H,10-17,20-21H2,1-9H3,(H,43,46)(H,47,48);1H/t24-,27+,28-,29+,37+,38-,39-,40-;/m1./s1. The van der Waals surface area contributed by atoms with Gasteiger partial charge in [0.05, 0.1) is 23.6 Å². The summed E-state index contributed by atoms with van der Waals surface area (Å²) in [7, 11) is 0. The van der Waals surface area contributed by atoms with Crippen molar-refractivity contribution in [1.29, 1.82) is 0 Å². The average Bonchev–Trinajstić information content (AvgIpc) is 3.30. The molecule has 50 heavy (non-hydrogen) atoms. The summed E-state index contributed by atoms with van der Waals surface area (Å²) in [6.07, 6.45) is 12.0. The van der Waals surface area contributed by atoms with E-state index in [0.717, 1.165) is 56.9 Å². The number of amides is 1. The maximum atomic E-state index is 13.9. The summed E-state index contributed by atoms with van der Waals surface area (Å²) in [5, 5.41) is 12.9. The van der Waals surface area contributed by atoms with E-state index in [1.807, 2.05) is 0 Å². The van der Waals surface area contributed by atoms with Crippen LogP contribution in [0.3, 0.4) is 0 Å². The van der Waals surface area contributed by atoms with Gasteiger partial charge in [-0.1, -0.05) is 48.5 Å². The number of hydrogen-bond donors (Lipinski definition) is 2. The first-order valence-electron chi connectivity index (χ1n) is 18.5. The SMILES string of the molecule is CC(C)C1=C2[C@H]3CC[C@@H]4[C@@]5(C)CC[C@H](OC(=O)CC(C)(C)C(=O)O)C(C)(C)[C@@H]5CC[C@@]4(C)[C@]3(C)CC[C@@]2(NC(=O)c2cnccn2)CC1=O.Cl. The molecule has 1 amide bonds. The molecular weight excluding hydrogens is 654 g/mol. The second-order valence-electron chi connectivity index (χ2n) is 18.5. The Kier molecular flexibility index (Phi) is 9.76. The maximum Gasteiger partial charge on any atom is 0.309 e. The third kappa shape index (κ3) is 5.63. The molecule has 8 atom stereocenters. The highest BCUT2D eigenvalue weighted by Gasteiger charge is 2.70. The molecule has 0 aliphatic heterocycles. The number of carbonyl (C=O) groups excluding carboxylic acids is 3. The molecule has 1 heterocycles. The van der Waals surface area contributed by atoms with E-state index in [-0.39, 0.29) is 75.8 Å². The van der Waals surface area contributed by atoms with E-state index in [0.29, 0.717) is 18.3 Å². The van der Waals surface area contributed by atoms with Gasteiger partial charge in [-0.2, -0.15) is 0 Å². The van der Waals surface area contributed by atoms with Crippen molar-refractivity contribution in [2.45, 2.75) is 138 Å². The molecule has 0 unspecified atom stereocenters. The maximum absolute atomic E-state index is 13.9. The van der Waals surface area contributed by atoms with Gasteiger partial charge in [-0.3, -0.25) is 24.2 Å². The smallest absolute Gasteiger partial charge is 0.309 e. The molecule has 0 bridgehead atoms. The summed E-state index contributed by atoms with van der Waals surface area (Å²) < 4.78 is 6.14. The highest BCUT2D eigenvalue weighted by molar-refractivity contribution is 6.03. The molecule has 10 heteroatoms. The van der Waals surface area contributed by atoms with Gasteiger partial charge in [0.2, 0.25) is 0 Å². The molecule has 0 saturated heterocycles. The van der Waals surface area contributed by atoms with Crippen molar-refractivity contribution in [3.8, 4) is 0 Å². The summed E-state index contributed by atoms with van der Waals surface area (Å²) in [5.41, 5.74) is 0.267. The van der Waals surface area contributed by atoms with Crippen LogP contribution in [0.1, 0.15) is 137 Å². The molecule has 1 aromatic heterocycles.